The molecule has 21 heavy (non-hydrogen) atoms. The Kier molecular flexibility index (Phi) is 4.21. The van der Waals surface area contributed by atoms with Gasteiger partial charge in [-0.05, 0) is 18.2 Å². The van der Waals surface area contributed by atoms with Crippen molar-refractivity contribution < 1.29 is 14.7 Å². The molecule has 8 heteroatoms. The Morgan fingerprint density at radius 3 is 2.71 bits per heavy atom. The van der Waals surface area contributed by atoms with Crippen LogP contribution in [0.2, 0.25) is 0 Å². The maximum Gasteiger partial charge on any atom is 0.313 e. The first-order valence-corrected chi connectivity index (χ1v) is 7.50. The van der Waals surface area contributed by atoms with Gasteiger partial charge in [-0.15, -0.1) is 11.8 Å². The number of carboxylic acid groups (broad SMARTS) is 1. The van der Waals surface area contributed by atoms with Crippen LogP contribution in [0.1, 0.15) is 5.56 Å². The number of nitrogens with zero attached hydrogens (tertiary/aromatic N) is 2. The molecule has 1 atom stereocenters. The van der Waals surface area contributed by atoms with Crippen molar-refractivity contribution in [3.63, 3.8) is 0 Å². The lowest BCUT2D eigenvalue weighted by Crippen LogP contribution is -2.38. The van der Waals surface area contributed by atoms with E-state index in [9.17, 15) is 20.1 Å². The smallest absolute Gasteiger partial charge is 0.313 e. The van der Waals surface area contributed by atoms with E-state index in [1.165, 1.54) is 0 Å². The summed E-state index contributed by atoms with van der Waals surface area (Å²) >= 11 is 4.06. The fraction of sp³-hybridized carbons (Fsp3) is 0.231. The summed E-state index contributed by atoms with van der Waals surface area (Å²) in [5.74, 6) is -3.35. The molecule has 0 bridgehead atoms. The number of hydrogen-bond donors (Lipinski definition) is 2. The minimum Gasteiger partial charge on any atom is -0.481 e. The third-order valence-corrected chi connectivity index (χ3v) is 5.04. The molecule has 6 nitrogen and oxygen atoms in total. The molecule has 1 aliphatic rings. The molecule has 106 valence electrons. The number of rotatable bonds is 4. The molecule has 1 aliphatic heterocycles. The highest BCUT2D eigenvalue weighted by atomic mass is 79.9. The number of carbonyl (C=O) groups is 2. The van der Waals surface area contributed by atoms with Crippen molar-refractivity contribution in [1.82, 2.24) is 0 Å². The number of aliphatic carboxylic acids is 1. The van der Waals surface area contributed by atoms with Crippen LogP contribution in [0.4, 0.5) is 5.69 Å². The predicted octanol–water partition coefficient (Wildman–Crippen LogP) is 2.08. The van der Waals surface area contributed by atoms with Gasteiger partial charge in [-0.2, -0.15) is 10.5 Å². The first kappa shape index (κ1) is 15.4. The summed E-state index contributed by atoms with van der Waals surface area (Å²) in [6.07, 6.45) is 0. The Bertz CT molecular complexity index is 696. The fourth-order valence-electron chi connectivity index (χ4n) is 2.17. The van der Waals surface area contributed by atoms with E-state index >= 15 is 0 Å². The van der Waals surface area contributed by atoms with Crippen molar-refractivity contribution >= 4 is 45.3 Å². The van der Waals surface area contributed by atoms with Crippen LogP contribution in [0, 0.1) is 28.6 Å². The Labute approximate surface area is 132 Å². The lowest BCUT2D eigenvalue weighted by atomic mass is 9.87. The Hall–Kier alpha value is -2.03. The van der Waals surface area contributed by atoms with Gasteiger partial charge in [-0.25, -0.2) is 0 Å². The van der Waals surface area contributed by atoms with Crippen LogP contribution in [0.25, 0.3) is 0 Å². The van der Waals surface area contributed by atoms with E-state index in [0.717, 1.165) is 11.8 Å². The van der Waals surface area contributed by atoms with E-state index in [2.05, 4.69) is 21.2 Å². The van der Waals surface area contributed by atoms with Gasteiger partial charge in [-0.3, -0.25) is 9.59 Å². The number of fused-ring (bicyclic) bond motifs is 1. The van der Waals surface area contributed by atoms with Crippen molar-refractivity contribution in [3.8, 4) is 12.1 Å². The molecule has 0 spiro atoms. The van der Waals surface area contributed by atoms with Crippen LogP contribution >= 0.6 is 27.7 Å². The number of amides is 1. The molecule has 0 fully saturated rings. The van der Waals surface area contributed by atoms with Gasteiger partial charge < -0.3 is 10.4 Å². The summed E-state index contributed by atoms with van der Waals surface area (Å²) in [7, 11) is 0. The van der Waals surface area contributed by atoms with E-state index in [4.69, 9.17) is 5.11 Å². The molecule has 0 aromatic heterocycles. The van der Waals surface area contributed by atoms with Gasteiger partial charge in [-0.1, -0.05) is 15.9 Å². The number of carbonyl (C=O) groups excluding carboxylic acids is 1. The average molecular weight is 366 g/mol. The fourth-order valence-corrected chi connectivity index (χ4v) is 3.66. The minimum atomic E-state index is -1.54. The Morgan fingerprint density at radius 2 is 2.14 bits per heavy atom. The number of carboxylic acids is 1. The van der Waals surface area contributed by atoms with E-state index < -0.39 is 22.5 Å². The van der Waals surface area contributed by atoms with Crippen LogP contribution in [-0.4, -0.2) is 22.7 Å². The van der Waals surface area contributed by atoms with Crippen molar-refractivity contribution in [2.75, 3.05) is 11.1 Å². The van der Waals surface area contributed by atoms with E-state index in [1.807, 2.05) is 0 Å². The van der Waals surface area contributed by atoms with E-state index in [1.54, 1.807) is 30.3 Å². The highest BCUT2D eigenvalue weighted by Crippen LogP contribution is 2.51. The van der Waals surface area contributed by atoms with Crippen LogP contribution in [0.15, 0.2) is 22.7 Å². The molecule has 0 saturated carbocycles. The summed E-state index contributed by atoms with van der Waals surface area (Å²) in [5, 5.41) is 29.9. The summed E-state index contributed by atoms with van der Waals surface area (Å²) in [4.78, 5) is 23.2. The Morgan fingerprint density at radius 1 is 1.48 bits per heavy atom. The largest absolute Gasteiger partial charge is 0.481 e. The Balaban J connectivity index is 2.63. The first-order valence-electron chi connectivity index (χ1n) is 5.72. The lowest BCUT2D eigenvalue weighted by molar-refractivity contribution is -0.133. The molecule has 1 amide bonds. The van der Waals surface area contributed by atoms with Crippen molar-refractivity contribution in [3.05, 3.63) is 28.2 Å². The summed E-state index contributed by atoms with van der Waals surface area (Å²) in [5.41, 5.74) is 0.929. The van der Waals surface area contributed by atoms with Gasteiger partial charge in [0.25, 0.3) is 0 Å². The number of nitriles is 2. The van der Waals surface area contributed by atoms with E-state index in [0.29, 0.717) is 15.7 Å². The van der Waals surface area contributed by atoms with Crippen LogP contribution in [0.3, 0.4) is 0 Å². The minimum absolute atomic E-state index is 0.390. The second-order valence-electron chi connectivity index (χ2n) is 4.25. The van der Waals surface area contributed by atoms with Gasteiger partial charge in [0.2, 0.25) is 5.91 Å². The SMILES string of the molecule is N#CC(C#N)C1(SCC(=O)O)C(=O)Nc2ccc(Br)cc21. The standard InChI is InChI=1S/C13H8BrN3O3S/c14-8-1-2-10-9(3-8)13(12(20)17-10,7(4-15)5-16)21-6-11(18)19/h1-3,7H,6H2,(H,17,20)(H,18,19). The molecule has 0 saturated heterocycles. The van der Waals surface area contributed by atoms with Gasteiger partial charge in [0.15, 0.2) is 10.7 Å². The number of benzene rings is 1. The summed E-state index contributed by atoms with van der Waals surface area (Å²) in [6, 6.07) is 8.58. The first-order chi connectivity index (χ1) is 9.95. The molecular formula is C13H8BrN3O3S. The quantitative estimate of drug-likeness (QED) is 0.843. The predicted molar refractivity (Wildman–Crippen MR) is 79.3 cm³/mol. The van der Waals surface area contributed by atoms with Crippen LogP contribution in [0.5, 0.6) is 0 Å². The van der Waals surface area contributed by atoms with Gasteiger partial charge >= 0.3 is 5.97 Å². The number of nitrogens with one attached hydrogen (secondary N) is 1. The lowest BCUT2D eigenvalue weighted by Gasteiger charge is -2.27. The highest BCUT2D eigenvalue weighted by molar-refractivity contribution is 9.10. The number of hydrogen-bond acceptors (Lipinski definition) is 5. The zero-order chi connectivity index (χ0) is 15.6. The highest BCUT2D eigenvalue weighted by Gasteiger charge is 2.54. The third-order valence-electron chi connectivity index (χ3n) is 3.06. The molecular weight excluding hydrogens is 358 g/mol. The number of thioether (sulfide) groups is 1. The maximum atomic E-state index is 12.4. The maximum absolute atomic E-state index is 12.4. The van der Waals surface area contributed by atoms with Crippen molar-refractivity contribution in [2.45, 2.75) is 4.75 Å². The third kappa shape index (κ3) is 2.48. The van der Waals surface area contributed by atoms with Crippen LogP contribution in [-0.2, 0) is 14.3 Å². The second-order valence-corrected chi connectivity index (χ2v) is 6.39. The molecule has 1 unspecified atom stereocenters. The molecule has 1 aromatic rings. The topological polar surface area (TPSA) is 114 Å². The average Bonchev–Trinajstić information content (AvgIpc) is 2.71. The van der Waals surface area contributed by atoms with E-state index in [-0.39, 0.29) is 5.75 Å². The molecule has 1 aromatic carbocycles. The zero-order valence-electron chi connectivity index (χ0n) is 10.5. The molecule has 1 heterocycles. The second kappa shape index (κ2) is 5.76. The summed E-state index contributed by atoms with van der Waals surface area (Å²) in [6.45, 7) is 0. The van der Waals surface area contributed by atoms with Crippen LogP contribution < -0.4 is 5.32 Å². The normalized spacial score (nSPS) is 19.5. The summed E-state index contributed by atoms with van der Waals surface area (Å²) < 4.78 is -0.867. The molecule has 0 radical (unpaired) electrons. The molecule has 0 aliphatic carbocycles. The van der Waals surface area contributed by atoms with Gasteiger partial charge in [0.1, 0.15) is 0 Å². The number of anilines is 1. The van der Waals surface area contributed by atoms with Crippen molar-refractivity contribution in [1.29, 1.82) is 10.5 Å². The monoisotopic (exact) mass is 365 g/mol. The van der Waals surface area contributed by atoms with Gasteiger partial charge in [0.05, 0.1) is 17.9 Å². The molecule has 2 N–H and O–H groups in total. The number of halogens is 1. The van der Waals surface area contributed by atoms with Crippen molar-refractivity contribution in [2.24, 2.45) is 5.92 Å². The zero-order valence-corrected chi connectivity index (χ0v) is 12.9. The van der Waals surface area contributed by atoms with Gasteiger partial charge in [0, 0.05) is 15.7 Å². The molecule has 2 rings (SSSR count).